The summed E-state index contributed by atoms with van der Waals surface area (Å²) in [7, 11) is -3.54. The molecule has 0 fully saturated rings. The fraction of sp³-hybridized carbons (Fsp3) is 0.533. The maximum absolute atomic E-state index is 12.3. The van der Waals surface area contributed by atoms with E-state index in [-0.39, 0.29) is 15.4 Å². The zero-order valence-electron chi connectivity index (χ0n) is 13.0. The van der Waals surface area contributed by atoms with E-state index in [0.29, 0.717) is 12.1 Å². The van der Waals surface area contributed by atoms with Gasteiger partial charge in [-0.05, 0) is 38.2 Å². The molecule has 0 aromatic heterocycles. The van der Waals surface area contributed by atoms with Crippen LogP contribution < -0.4 is 4.72 Å². The van der Waals surface area contributed by atoms with Crippen LogP contribution in [0.5, 0.6) is 0 Å². The zero-order chi connectivity index (χ0) is 16.1. The van der Waals surface area contributed by atoms with Crippen LogP contribution in [0.15, 0.2) is 29.2 Å². The van der Waals surface area contributed by atoms with E-state index >= 15 is 0 Å². The van der Waals surface area contributed by atoms with E-state index in [1.165, 1.54) is 19.1 Å². The molecule has 1 aromatic carbocycles. The summed E-state index contributed by atoms with van der Waals surface area (Å²) in [6, 6.07) is 6.02. The van der Waals surface area contributed by atoms with Gasteiger partial charge in [0, 0.05) is 16.9 Å². The molecule has 1 N–H and O–H groups in total. The van der Waals surface area contributed by atoms with E-state index in [0.717, 1.165) is 12.8 Å². The second kappa shape index (κ2) is 7.42. The molecule has 118 valence electrons. The first-order valence-corrected chi connectivity index (χ1v) is 9.67. The molecular formula is C15H23NO3S2. The molecule has 0 amide bonds. The topological polar surface area (TPSA) is 63.2 Å². The number of carbonyl (C=O) groups excluding carboxylic acids is 1. The summed E-state index contributed by atoms with van der Waals surface area (Å²) in [6.45, 7) is 5.99. The van der Waals surface area contributed by atoms with Crippen LogP contribution in [0.2, 0.25) is 0 Å². The molecular weight excluding hydrogens is 306 g/mol. The lowest BCUT2D eigenvalue weighted by atomic mass is 10.0. The molecule has 0 atom stereocenters. The van der Waals surface area contributed by atoms with Gasteiger partial charge < -0.3 is 0 Å². The van der Waals surface area contributed by atoms with Crippen LogP contribution in [0, 0.1) is 0 Å². The highest BCUT2D eigenvalue weighted by atomic mass is 32.2. The van der Waals surface area contributed by atoms with Crippen molar-refractivity contribution < 1.29 is 13.2 Å². The molecule has 0 aliphatic carbocycles. The Labute approximate surface area is 131 Å². The lowest BCUT2D eigenvalue weighted by Crippen LogP contribution is -2.39. The quantitative estimate of drug-likeness (QED) is 0.745. The van der Waals surface area contributed by atoms with E-state index in [4.69, 9.17) is 0 Å². The number of hydrogen-bond donors (Lipinski definition) is 1. The normalized spacial score (nSPS) is 12.4. The Balaban J connectivity index is 2.89. The van der Waals surface area contributed by atoms with Gasteiger partial charge >= 0.3 is 0 Å². The molecule has 1 rings (SSSR count). The maximum atomic E-state index is 12.3. The molecule has 0 spiro atoms. The van der Waals surface area contributed by atoms with Crippen molar-refractivity contribution in [2.24, 2.45) is 0 Å². The summed E-state index contributed by atoms with van der Waals surface area (Å²) >= 11 is 1.69. The summed E-state index contributed by atoms with van der Waals surface area (Å²) in [5.41, 5.74) is 0.509. The molecule has 4 nitrogen and oxygen atoms in total. The predicted molar refractivity (Wildman–Crippen MR) is 88.5 cm³/mol. The summed E-state index contributed by atoms with van der Waals surface area (Å²) in [4.78, 5) is 11.4. The third-order valence-corrected chi connectivity index (χ3v) is 6.88. The Morgan fingerprint density at radius 2 is 1.71 bits per heavy atom. The van der Waals surface area contributed by atoms with E-state index in [2.05, 4.69) is 18.6 Å². The monoisotopic (exact) mass is 329 g/mol. The van der Waals surface area contributed by atoms with Gasteiger partial charge in [0.05, 0.1) is 4.90 Å². The highest BCUT2D eigenvalue weighted by Crippen LogP contribution is 2.30. The smallest absolute Gasteiger partial charge is 0.240 e. The van der Waals surface area contributed by atoms with Crippen LogP contribution in [0.1, 0.15) is 44.0 Å². The van der Waals surface area contributed by atoms with Crippen molar-refractivity contribution in [2.75, 3.05) is 12.8 Å². The minimum atomic E-state index is -3.54. The highest BCUT2D eigenvalue weighted by molar-refractivity contribution is 8.00. The summed E-state index contributed by atoms with van der Waals surface area (Å²) in [6.07, 6.45) is 3.80. The molecule has 21 heavy (non-hydrogen) atoms. The first-order chi connectivity index (χ1) is 9.80. The molecule has 0 aliphatic heterocycles. The van der Waals surface area contributed by atoms with Crippen molar-refractivity contribution >= 4 is 27.6 Å². The second-order valence-electron chi connectivity index (χ2n) is 5.00. The Morgan fingerprint density at radius 3 is 2.10 bits per heavy atom. The number of sulfonamides is 1. The number of thioether (sulfide) groups is 1. The molecule has 0 radical (unpaired) electrons. The number of hydrogen-bond acceptors (Lipinski definition) is 4. The first kappa shape index (κ1) is 18.2. The summed E-state index contributed by atoms with van der Waals surface area (Å²) < 4.78 is 27.2. The van der Waals surface area contributed by atoms with Crippen LogP contribution in [0.25, 0.3) is 0 Å². The minimum Gasteiger partial charge on any atom is -0.295 e. The van der Waals surface area contributed by atoms with Gasteiger partial charge in [0.15, 0.2) is 5.78 Å². The number of carbonyl (C=O) groups is 1. The first-order valence-electron chi connectivity index (χ1n) is 6.96. The second-order valence-corrected chi connectivity index (χ2v) is 8.04. The lowest BCUT2D eigenvalue weighted by molar-refractivity contribution is 0.101. The fourth-order valence-corrected chi connectivity index (χ4v) is 4.05. The van der Waals surface area contributed by atoms with Crippen molar-refractivity contribution in [1.29, 1.82) is 0 Å². The van der Waals surface area contributed by atoms with Crippen molar-refractivity contribution in [3.63, 3.8) is 0 Å². The predicted octanol–water partition coefficient (Wildman–Crippen LogP) is 3.09. The Kier molecular flexibility index (Phi) is 6.43. The Morgan fingerprint density at radius 1 is 1.19 bits per heavy atom. The van der Waals surface area contributed by atoms with E-state index in [1.807, 2.05) is 6.26 Å². The van der Waals surface area contributed by atoms with Crippen LogP contribution in [0.4, 0.5) is 0 Å². The average Bonchev–Trinajstić information content (AvgIpc) is 2.49. The Hall–Kier alpha value is -0.850. The maximum Gasteiger partial charge on any atom is 0.240 e. The molecule has 0 unspecified atom stereocenters. The van der Waals surface area contributed by atoms with Gasteiger partial charge in [-0.2, -0.15) is 11.8 Å². The van der Waals surface area contributed by atoms with Crippen molar-refractivity contribution in [2.45, 2.75) is 43.3 Å². The van der Waals surface area contributed by atoms with Crippen molar-refractivity contribution in [3.8, 4) is 0 Å². The molecule has 0 saturated carbocycles. The standard InChI is InChI=1S/C15H23NO3S2/c1-5-15(6-2,20-4)11-16-21(18,19)14-9-7-13(8-10-14)12(3)17/h7-10,16H,5-6,11H2,1-4H3. The molecule has 1 aromatic rings. The molecule has 0 bridgehead atoms. The van der Waals surface area contributed by atoms with E-state index in [1.54, 1.807) is 23.9 Å². The van der Waals surface area contributed by atoms with Gasteiger partial charge in [0.1, 0.15) is 0 Å². The van der Waals surface area contributed by atoms with Crippen LogP contribution in [-0.4, -0.2) is 31.7 Å². The van der Waals surface area contributed by atoms with Gasteiger partial charge in [0.2, 0.25) is 10.0 Å². The highest BCUT2D eigenvalue weighted by Gasteiger charge is 2.27. The van der Waals surface area contributed by atoms with Crippen molar-refractivity contribution in [3.05, 3.63) is 29.8 Å². The average molecular weight is 329 g/mol. The van der Waals surface area contributed by atoms with Crippen LogP contribution >= 0.6 is 11.8 Å². The van der Waals surface area contributed by atoms with Crippen LogP contribution in [-0.2, 0) is 10.0 Å². The summed E-state index contributed by atoms with van der Waals surface area (Å²) in [5, 5.41) is 0. The SMILES string of the molecule is CCC(CC)(CNS(=O)(=O)c1ccc(C(C)=O)cc1)SC. The van der Waals surface area contributed by atoms with Gasteiger partial charge in [-0.25, -0.2) is 13.1 Å². The largest absolute Gasteiger partial charge is 0.295 e. The van der Waals surface area contributed by atoms with E-state index < -0.39 is 10.0 Å². The number of nitrogens with one attached hydrogen (secondary N) is 1. The minimum absolute atomic E-state index is 0.0770. The molecule has 0 aliphatic rings. The lowest BCUT2D eigenvalue weighted by Gasteiger charge is -2.29. The number of Topliss-reactive ketones (excluding diaryl/α,β-unsaturated/α-hetero) is 1. The van der Waals surface area contributed by atoms with E-state index in [9.17, 15) is 13.2 Å². The van der Waals surface area contributed by atoms with Gasteiger partial charge in [0.25, 0.3) is 0 Å². The van der Waals surface area contributed by atoms with Gasteiger partial charge in [-0.1, -0.05) is 26.0 Å². The molecule has 0 heterocycles. The third-order valence-electron chi connectivity index (χ3n) is 3.88. The molecule has 0 saturated heterocycles. The van der Waals surface area contributed by atoms with Crippen molar-refractivity contribution in [1.82, 2.24) is 4.72 Å². The van der Waals surface area contributed by atoms with Gasteiger partial charge in [-0.15, -0.1) is 0 Å². The Bertz CT molecular complexity index is 567. The summed E-state index contributed by atoms with van der Waals surface area (Å²) in [5.74, 6) is -0.0785. The number of benzene rings is 1. The third kappa shape index (κ3) is 4.56. The molecule has 6 heteroatoms. The zero-order valence-corrected chi connectivity index (χ0v) is 14.6. The number of ketones is 1. The number of rotatable bonds is 8. The fourth-order valence-electron chi connectivity index (χ4n) is 2.04. The van der Waals surface area contributed by atoms with Gasteiger partial charge in [-0.3, -0.25) is 4.79 Å². The van der Waals surface area contributed by atoms with Crippen LogP contribution in [0.3, 0.4) is 0 Å².